The van der Waals surface area contributed by atoms with Gasteiger partial charge >= 0.3 is 6.18 Å². The summed E-state index contributed by atoms with van der Waals surface area (Å²) < 4.78 is 39.1. The number of carbonyl (C=O) groups is 2. The van der Waals surface area contributed by atoms with Crippen molar-refractivity contribution in [1.29, 1.82) is 0 Å². The summed E-state index contributed by atoms with van der Waals surface area (Å²) in [6.07, 6.45) is -4.44. The lowest BCUT2D eigenvalue weighted by Gasteiger charge is -2.21. The largest absolute Gasteiger partial charge is 0.416 e. The topological polar surface area (TPSA) is 70.2 Å². The lowest BCUT2D eigenvalue weighted by Crippen LogP contribution is -2.38. The van der Waals surface area contributed by atoms with E-state index in [-0.39, 0.29) is 18.0 Å². The number of anilines is 1. The number of alkyl halides is 3. The van der Waals surface area contributed by atoms with Crippen LogP contribution in [0.2, 0.25) is 0 Å². The molecule has 0 fully saturated rings. The van der Waals surface area contributed by atoms with Gasteiger partial charge in [-0.3, -0.25) is 15.0 Å². The third-order valence-electron chi connectivity index (χ3n) is 4.21. The molecule has 0 saturated carbocycles. The monoisotopic (exact) mass is 485 g/mol. The first-order valence-corrected chi connectivity index (χ1v) is 9.89. The van der Waals surface area contributed by atoms with Crippen LogP contribution in [0, 0.1) is 12.3 Å². The molecule has 5 nitrogen and oxygen atoms in total. The van der Waals surface area contributed by atoms with Crippen LogP contribution in [0.15, 0.2) is 40.9 Å². The average molecular weight is 486 g/mol. The first-order valence-electron chi connectivity index (χ1n) is 9.10. The number of rotatable bonds is 5. The van der Waals surface area contributed by atoms with Crippen molar-refractivity contribution in [2.24, 2.45) is 5.41 Å². The highest BCUT2D eigenvalue weighted by Crippen LogP contribution is 2.30. The van der Waals surface area contributed by atoms with Gasteiger partial charge in [-0.05, 0) is 36.2 Å². The van der Waals surface area contributed by atoms with Crippen LogP contribution in [0.5, 0.6) is 0 Å². The maximum Gasteiger partial charge on any atom is 0.416 e. The zero-order chi connectivity index (χ0) is 22.7. The Kier molecular flexibility index (Phi) is 7.31. The Morgan fingerprint density at radius 1 is 1.07 bits per heavy atom. The van der Waals surface area contributed by atoms with Gasteiger partial charge in [0.05, 0.1) is 16.8 Å². The number of hydrogen-bond acceptors (Lipinski definition) is 3. The van der Waals surface area contributed by atoms with Crippen molar-refractivity contribution >= 4 is 33.4 Å². The Bertz CT molecular complexity index is 953. The molecule has 2 aromatic carbocycles. The maximum atomic E-state index is 12.8. The van der Waals surface area contributed by atoms with Gasteiger partial charge in [-0.25, -0.2) is 5.43 Å². The van der Waals surface area contributed by atoms with Crippen LogP contribution in [0.3, 0.4) is 0 Å². The van der Waals surface area contributed by atoms with Crippen molar-refractivity contribution < 1.29 is 22.8 Å². The van der Waals surface area contributed by atoms with Gasteiger partial charge in [0.1, 0.15) is 0 Å². The van der Waals surface area contributed by atoms with E-state index in [1.54, 1.807) is 39.8 Å². The SMILES string of the molecule is Cc1cc(Br)cc(C(=O)NNCc2cccc(C(F)(F)F)c2)c1NC(=O)C(C)(C)C. The predicted octanol–water partition coefficient (Wildman–Crippen LogP) is 5.20. The summed E-state index contributed by atoms with van der Waals surface area (Å²) in [5, 5.41) is 2.79. The number of amides is 2. The fourth-order valence-corrected chi connectivity index (χ4v) is 3.11. The predicted molar refractivity (Wildman–Crippen MR) is 113 cm³/mol. The minimum absolute atomic E-state index is 0.00761. The molecule has 0 aliphatic rings. The summed E-state index contributed by atoms with van der Waals surface area (Å²) in [5.41, 5.74) is 5.32. The number of nitrogens with one attached hydrogen (secondary N) is 3. The Labute approximate surface area is 181 Å². The van der Waals surface area contributed by atoms with Gasteiger partial charge in [0.15, 0.2) is 0 Å². The molecule has 0 atom stereocenters. The van der Waals surface area contributed by atoms with Gasteiger partial charge in [0.2, 0.25) is 5.91 Å². The van der Waals surface area contributed by atoms with Crippen molar-refractivity contribution in [3.05, 3.63) is 63.1 Å². The summed E-state index contributed by atoms with van der Waals surface area (Å²) in [7, 11) is 0. The van der Waals surface area contributed by atoms with E-state index >= 15 is 0 Å². The zero-order valence-corrected chi connectivity index (χ0v) is 18.6. The lowest BCUT2D eigenvalue weighted by atomic mass is 9.95. The van der Waals surface area contributed by atoms with Crippen LogP contribution >= 0.6 is 15.9 Å². The Morgan fingerprint density at radius 2 is 1.73 bits per heavy atom. The average Bonchev–Trinajstić information content (AvgIpc) is 2.62. The molecule has 0 unspecified atom stereocenters. The molecule has 2 aromatic rings. The maximum absolute atomic E-state index is 12.8. The highest BCUT2D eigenvalue weighted by atomic mass is 79.9. The van der Waals surface area contributed by atoms with Gasteiger partial charge in [0.25, 0.3) is 5.91 Å². The van der Waals surface area contributed by atoms with Crippen molar-refractivity contribution in [2.45, 2.75) is 40.4 Å². The van der Waals surface area contributed by atoms with E-state index in [2.05, 4.69) is 32.1 Å². The fraction of sp³-hybridized carbons (Fsp3) is 0.333. The molecule has 0 aliphatic carbocycles. The van der Waals surface area contributed by atoms with Crippen LogP contribution < -0.4 is 16.2 Å². The summed E-state index contributed by atoms with van der Waals surface area (Å²) >= 11 is 3.33. The Morgan fingerprint density at radius 3 is 2.33 bits per heavy atom. The van der Waals surface area contributed by atoms with Crippen molar-refractivity contribution in [1.82, 2.24) is 10.9 Å². The first kappa shape index (κ1) is 23.9. The number of hydrogen-bond donors (Lipinski definition) is 3. The minimum atomic E-state index is -4.44. The molecule has 162 valence electrons. The molecule has 0 heterocycles. The first-order chi connectivity index (χ1) is 13.8. The molecular formula is C21H23BrF3N3O2. The molecule has 0 spiro atoms. The fourth-order valence-electron chi connectivity index (χ4n) is 2.54. The zero-order valence-electron chi connectivity index (χ0n) is 17.0. The second kappa shape index (κ2) is 9.18. The Balaban J connectivity index is 2.14. The van der Waals surface area contributed by atoms with Crippen LogP contribution in [0.4, 0.5) is 18.9 Å². The highest BCUT2D eigenvalue weighted by molar-refractivity contribution is 9.10. The molecule has 0 aromatic heterocycles. The van der Waals surface area contributed by atoms with Crippen molar-refractivity contribution in [2.75, 3.05) is 5.32 Å². The number of benzene rings is 2. The van der Waals surface area contributed by atoms with E-state index in [4.69, 9.17) is 0 Å². The van der Waals surface area contributed by atoms with Gasteiger partial charge in [-0.15, -0.1) is 0 Å². The summed E-state index contributed by atoms with van der Waals surface area (Å²) in [6.45, 7) is 7.02. The van der Waals surface area contributed by atoms with E-state index in [0.717, 1.165) is 12.1 Å². The van der Waals surface area contributed by atoms with Crippen LogP contribution in [0.25, 0.3) is 0 Å². The highest BCUT2D eigenvalue weighted by Gasteiger charge is 2.30. The van der Waals surface area contributed by atoms with Gasteiger partial charge in [-0.1, -0.05) is 54.9 Å². The molecule has 9 heteroatoms. The number of carbonyl (C=O) groups excluding carboxylic acids is 2. The smallest absolute Gasteiger partial charge is 0.325 e. The summed E-state index contributed by atoms with van der Waals surface area (Å²) in [5.74, 6) is -0.783. The summed E-state index contributed by atoms with van der Waals surface area (Å²) in [6, 6.07) is 8.15. The lowest BCUT2D eigenvalue weighted by molar-refractivity contribution is -0.137. The van der Waals surface area contributed by atoms with E-state index in [1.165, 1.54) is 12.1 Å². The van der Waals surface area contributed by atoms with Gasteiger partial charge in [0, 0.05) is 16.4 Å². The molecule has 2 amide bonds. The second-order valence-electron chi connectivity index (χ2n) is 7.86. The van der Waals surface area contributed by atoms with Crippen LogP contribution in [-0.2, 0) is 17.5 Å². The molecule has 0 radical (unpaired) electrons. The number of halogens is 4. The molecule has 0 saturated heterocycles. The van der Waals surface area contributed by atoms with E-state index in [1.807, 2.05) is 0 Å². The van der Waals surface area contributed by atoms with Crippen molar-refractivity contribution in [3.8, 4) is 0 Å². The van der Waals surface area contributed by atoms with E-state index in [9.17, 15) is 22.8 Å². The third kappa shape index (κ3) is 6.30. The quantitative estimate of drug-likeness (QED) is 0.510. The molecule has 3 N–H and O–H groups in total. The standard InChI is InChI=1S/C21H23BrF3N3O2/c1-12-8-15(22)10-16(17(12)27-19(30)20(2,3)4)18(29)28-26-11-13-6-5-7-14(9-13)21(23,24)25/h5-10,26H,11H2,1-4H3,(H,27,30)(H,28,29). The molecule has 30 heavy (non-hydrogen) atoms. The molecule has 2 rings (SSSR count). The Hall–Kier alpha value is -2.39. The van der Waals surface area contributed by atoms with Crippen molar-refractivity contribution in [3.63, 3.8) is 0 Å². The van der Waals surface area contributed by atoms with E-state index < -0.39 is 23.1 Å². The summed E-state index contributed by atoms with van der Waals surface area (Å²) in [4.78, 5) is 25.1. The molecular weight excluding hydrogens is 463 g/mol. The minimum Gasteiger partial charge on any atom is -0.325 e. The molecule has 0 aliphatic heterocycles. The number of hydrazine groups is 1. The van der Waals surface area contributed by atoms with Gasteiger partial charge < -0.3 is 5.32 Å². The molecule has 0 bridgehead atoms. The normalized spacial score (nSPS) is 11.9. The number of aryl methyl sites for hydroxylation is 1. The second-order valence-corrected chi connectivity index (χ2v) is 8.77. The third-order valence-corrected chi connectivity index (χ3v) is 4.67. The van der Waals surface area contributed by atoms with E-state index in [0.29, 0.717) is 21.3 Å². The van der Waals surface area contributed by atoms with Crippen LogP contribution in [-0.4, -0.2) is 11.8 Å². The van der Waals surface area contributed by atoms with Gasteiger partial charge in [-0.2, -0.15) is 13.2 Å². The van der Waals surface area contributed by atoms with Crippen LogP contribution in [0.1, 0.15) is 47.8 Å².